The van der Waals surface area contributed by atoms with Gasteiger partial charge in [0, 0.05) is 12.6 Å². The molecule has 0 unspecified atom stereocenters. The first-order chi connectivity index (χ1) is 6.85. The average molecular weight is 244 g/mol. The number of alkyl halides is 3. The molecule has 0 fully saturated rings. The van der Waals surface area contributed by atoms with Crippen molar-refractivity contribution in [3.05, 3.63) is 0 Å². The van der Waals surface area contributed by atoms with E-state index in [9.17, 15) is 18.0 Å². The first-order valence-corrected chi connectivity index (χ1v) is 5.54. The highest BCUT2D eigenvalue weighted by Crippen LogP contribution is 2.29. The summed E-state index contributed by atoms with van der Waals surface area (Å²) in [5.74, 6) is -1.18. The Morgan fingerprint density at radius 1 is 1.47 bits per heavy atom. The van der Waals surface area contributed by atoms with Gasteiger partial charge < -0.3 is 10.6 Å². The maximum Gasteiger partial charge on any atom is 0.442 e. The quantitative estimate of drug-likeness (QED) is 0.741. The van der Waals surface area contributed by atoms with Crippen LogP contribution < -0.4 is 10.6 Å². The lowest BCUT2D eigenvalue weighted by molar-refractivity contribution is -0.118. The highest BCUT2D eigenvalue weighted by atomic mass is 32.2. The van der Waals surface area contributed by atoms with Crippen LogP contribution in [0.15, 0.2) is 0 Å². The van der Waals surface area contributed by atoms with Gasteiger partial charge in [0.2, 0.25) is 5.91 Å². The Labute approximate surface area is 91.2 Å². The number of nitrogens with one attached hydrogen (secondary N) is 2. The summed E-state index contributed by atoms with van der Waals surface area (Å²) in [4.78, 5) is 10.9. The Hall–Kier alpha value is -0.430. The Morgan fingerprint density at radius 2 is 2.07 bits per heavy atom. The number of amides is 1. The van der Waals surface area contributed by atoms with Crippen molar-refractivity contribution in [3.8, 4) is 0 Å². The van der Waals surface area contributed by atoms with Gasteiger partial charge in [-0.1, -0.05) is 6.92 Å². The number of carbonyl (C=O) groups is 1. The van der Waals surface area contributed by atoms with E-state index in [1.165, 1.54) is 0 Å². The topological polar surface area (TPSA) is 41.1 Å². The van der Waals surface area contributed by atoms with Crippen LogP contribution in [0, 0.1) is 0 Å². The molecule has 0 aromatic heterocycles. The molecule has 1 atom stereocenters. The minimum Gasteiger partial charge on any atom is -0.354 e. The molecule has 15 heavy (non-hydrogen) atoms. The van der Waals surface area contributed by atoms with E-state index in [4.69, 9.17) is 0 Å². The van der Waals surface area contributed by atoms with Gasteiger partial charge in [0.25, 0.3) is 0 Å². The molecule has 0 aromatic rings. The van der Waals surface area contributed by atoms with Crippen LogP contribution in [-0.4, -0.2) is 36.3 Å². The molecule has 0 aliphatic heterocycles. The lowest BCUT2D eigenvalue weighted by Crippen LogP contribution is -2.39. The van der Waals surface area contributed by atoms with Crippen molar-refractivity contribution in [2.75, 3.05) is 18.8 Å². The van der Waals surface area contributed by atoms with Crippen LogP contribution >= 0.6 is 11.8 Å². The second-order valence-electron chi connectivity index (χ2n) is 3.00. The summed E-state index contributed by atoms with van der Waals surface area (Å²) < 4.78 is 35.1. The van der Waals surface area contributed by atoms with Crippen LogP contribution in [0.2, 0.25) is 0 Å². The van der Waals surface area contributed by atoms with Crippen molar-refractivity contribution in [1.29, 1.82) is 0 Å². The number of likely N-dealkylation sites (N-methyl/N-ethyl adjacent to an activating group) is 1. The number of thioether (sulfide) groups is 1. The average Bonchev–Trinajstić information content (AvgIpc) is 2.11. The molecule has 1 amide bonds. The van der Waals surface area contributed by atoms with Crippen molar-refractivity contribution in [3.63, 3.8) is 0 Å². The summed E-state index contributed by atoms with van der Waals surface area (Å²) in [6, 6.07) is 0.0647. The first-order valence-electron chi connectivity index (χ1n) is 4.56. The normalized spacial score (nSPS) is 13.7. The van der Waals surface area contributed by atoms with E-state index in [0.29, 0.717) is 6.54 Å². The SMILES string of the molecule is CCN[C@H](C)CNC(=O)CSC(F)(F)F. The number of carbonyl (C=O) groups excluding carboxylic acids is 1. The van der Waals surface area contributed by atoms with E-state index in [-0.39, 0.29) is 17.8 Å². The zero-order chi connectivity index (χ0) is 11.9. The van der Waals surface area contributed by atoms with Gasteiger partial charge in [-0.05, 0) is 25.2 Å². The number of rotatable bonds is 6. The first kappa shape index (κ1) is 14.6. The molecule has 7 heteroatoms. The Kier molecular flexibility index (Phi) is 6.75. The smallest absolute Gasteiger partial charge is 0.354 e. The zero-order valence-corrected chi connectivity index (χ0v) is 9.47. The van der Waals surface area contributed by atoms with Gasteiger partial charge in [0.05, 0.1) is 5.75 Å². The van der Waals surface area contributed by atoms with Gasteiger partial charge in [-0.15, -0.1) is 0 Å². The second-order valence-corrected chi connectivity index (χ2v) is 4.04. The summed E-state index contributed by atoms with van der Waals surface area (Å²) in [5, 5.41) is 5.45. The predicted molar refractivity (Wildman–Crippen MR) is 54.7 cm³/mol. The van der Waals surface area contributed by atoms with E-state index < -0.39 is 17.2 Å². The lowest BCUT2D eigenvalue weighted by Gasteiger charge is -2.13. The lowest BCUT2D eigenvalue weighted by atomic mass is 10.3. The summed E-state index contributed by atoms with van der Waals surface area (Å²) in [5.41, 5.74) is -4.34. The molecule has 0 saturated heterocycles. The van der Waals surface area contributed by atoms with Crippen LogP contribution in [0.1, 0.15) is 13.8 Å². The fourth-order valence-corrected chi connectivity index (χ4v) is 1.28. The maximum absolute atomic E-state index is 11.7. The third-order valence-corrected chi connectivity index (χ3v) is 2.26. The number of halogens is 3. The van der Waals surface area contributed by atoms with Gasteiger partial charge in [-0.2, -0.15) is 13.2 Å². The van der Waals surface area contributed by atoms with Gasteiger partial charge in [0.1, 0.15) is 0 Å². The summed E-state index contributed by atoms with van der Waals surface area (Å²) in [6.07, 6.45) is 0. The molecule has 0 aliphatic carbocycles. The molecule has 0 radical (unpaired) electrons. The Morgan fingerprint density at radius 3 is 2.53 bits per heavy atom. The van der Waals surface area contributed by atoms with Crippen LogP contribution in [0.5, 0.6) is 0 Å². The minimum atomic E-state index is -4.34. The minimum absolute atomic E-state index is 0.0647. The number of hydrogen-bond acceptors (Lipinski definition) is 3. The molecule has 90 valence electrons. The maximum atomic E-state index is 11.7. The van der Waals surface area contributed by atoms with Gasteiger partial charge in [-0.3, -0.25) is 4.79 Å². The van der Waals surface area contributed by atoms with Gasteiger partial charge in [-0.25, -0.2) is 0 Å². The van der Waals surface area contributed by atoms with Gasteiger partial charge >= 0.3 is 5.51 Å². The predicted octanol–water partition coefficient (Wildman–Crippen LogP) is 1.35. The summed E-state index contributed by atoms with van der Waals surface area (Å²) in [7, 11) is 0. The van der Waals surface area contributed by atoms with Crippen molar-refractivity contribution in [2.45, 2.75) is 25.4 Å². The molecule has 0 rings (SSSR count). The Bertz CT molecular complexity index is 199. The molecule has 3 nitrogen and oxygen atoms in total. The van der Waals surface area contributed by atoms with Crippen LogP contribution in [0.3, 0.4) is 0 Å². The largest absolute Gasteiger partial charge is 0.442 e. The fourth-order valence-electron chi connectivity index (χ4n) is 0.886. The second kappa shape index (κ2) is 6.95. The van der Waals surface area contributed by atoms with E-state index in [0.717, 1.165) is 6.54 Å². The molecule has 0 bridgehead atoms. The van der Waals surface area contributed by atoms with E-state index in [2.05, 4.69) is 10.6 Å². The third kappa shape index (κ3) is 9.86. The van der Waals surface area contributed by atoms with Crippen LogP contribution in [0.4, 0.5) is 13.2 Å². The molecular formula is C8H15F3N2OS. The molecule has 0 heterocycles. The van der Waals surface area contributed by atoms with Crippen molar-refractivity contribution < 1.29 is 18.0 Å². The van der Waals surface area contributed by atoms with E-state index in [1.807, 2.05) is 13.8 Å². The monoisotopic (exact) mass is 244 g/mol. The highest BCUT2D eigenvalue weighted by Gasteiger charge is 2.29. The summed E-state index contributed by atoms with van der Waals surface area (Å²) in [6.45, 7) is 4.86. The van der Waals surface area contributed by atoms with Crippen molar-refractivity contribution >= 4 is 17.7 Å². The molecule has 0 aliphatic rings. The molecule has 0 spiro atoms. The third-order valence-electron chi connectivity index (χ3n) is 1.52. The van der Waals surface area contributed by atoms with Crippen LogP contribution in [-0.2, 0) is 4.79 Å². The Balaban J connectivity index is 3.58. The molecule has 2 N–H and O–H groups in total. The van der Waals surface area contributed by atoms with Crippen LogP contribution in [0.25, 0.3) is 0 Å². The molecule has 0 saturated carbocycles. The standard InChI is InChI=1S/C8H15F3N2OS/c1-3-12-6(2)4-13-7(14)5-15-8(9,10)11/h6,12H,3-5H2,1-2H3,(H,13,14)/t6-/m1/s1. The molecular weight excluding hydrogens is 229 g/mol. The van der Waals surface area contributed by atoms with Gasteiger partial charge in [0.15, 0.2) is 0 Å². The van der Waals surface area contributed by atoms with Crippen molar-refractivity contribution in [2.24, 2.45) is 0 Å². The zero-order valence-electron chi connectivity index (χ0n) is 8.65. The van der Waals surface area contributed by atoms with E-state index >= 15 is 0 Å². The van der Waals surface area contributed by atoms with Crippen molar-refractivity contribution in [1.82, 2.24) is 10.6 Å². The van der Waals surface area contributed by atoms with E-state index in [1.54, 1.807) is 0 Å². The fraction of sp³-hybridized carbons (Fsp3) is 0.875. The highest BCUT2D eigenvalue weighted by molar-refractivity contribution is 8.00. The molecule has 0 aromatic carbocycles. The number of hydrogen-bond donors (Lipinski definition) is 2. The summed E-state index contributed by atoms with van der Waals surface area (Å²) >= 11 is -0.326.